The van der Waals surface area contributed by atoms with Gasteiger partial charge in [-0.05, 0) is 50.8 Å². The Bertz CT molecular complexity index is 940. The van der Waals surface area contributed by atoms with E-state index in [0.717, 1.165) is 30.3 Å². The van der Waals surface area contributed by atoms with Crippen molar-refractivity contribution in [1.29, 1.82) is 0 Å². The summed E-state index contributed by atoms with van der Waals surface area (Å²) in [5, 5.41) is 6.02. The van der Waals surface area contributed by atoms with Gasteiger partial charge in [-0.2, -0.15) is 18.2 Å². The summed E-state index contributed by atoms with van der Waals surface area (Å²) < 4.78 is 52.1. The third kappa shape index (κ3) is 5.83. The van der Waals surface area contributed by atoms with Crippen LogP contribution in [0.2, 0.25) is 0 Å². The average Bonchev–Trinajstić information content (AvgIpc) is 2.69. The molecular formula is C21H25F4N5O. The minimum absolute atomic E-state index is 0.122. The van der Waals surface area contributed by atoms with Gasteiger partial charge in [0.25, 0.3) is 5.91 Å². The van der Waals surface area contributed by atoms with Crippen molar-refractivity contribution in [1.82, 2.24) is 15.3 Å². The van der Waals surface area contributed by atoms with Gasteiger partial charge in [0.2, 0.25) is 5.95 Å². The van der Waals surface area contributed by atoms with E-state index in [1.807, 2.05) is 25.9 Å². The zero-order valence-electron chi connectivity index (χ0n) is 17.6. The Balaban J connectivity index is 1.57. The van der Waals surface area contributed by atoms with E-state index in [4.69, 9.17) is 0 Å². The molecule has 0 bridgehead atoms. The van der Waals surface area contributed by atoms with Crippen molar-refractivity contribution in [3.63, 3.8) is 0 Å². The van der Waals surface area contributed by atoms with Gasteiger partial charge in [-0.3, -0.25) is 4.79 Å². The van der Waals surface area contributed by atoms with Crippen LogP contribution in [0.4, 0.5) is 29.3 Å². The summed E-state index contributed by atoms with van der Waals surface area (Å²) in [5.74, 6) is -0.449. The fourth-order valence-electron chi connectivity index (χ4n) is 3.67. The van der Waals surface area contributed by atoms with Crippen molar-refractivity contribution < 1.29 is 22.4 Å². The van der Waals surface area contributed by atoms with Crippen LogP contribution in [0.25, 0.3) is 0 Å². The second-order valence-electron chi connectivity index (χ2n) is 7.99. The predicted octanol–water partition coefficient (Wildman–Crippen LogP) is 4.16. The summed E-state index contributed by atoms with van der Waals surface area (Å²) in [6, 6.07) is 1.79. The highest BCUT2D eigenvalue weighted by Crippen LogP contribution is 2.30. The maximum atomic E-state index is 13.6. The van der Waals surface area contributed by atoms with Crippen LogP contribution in [0.1, 0.15) is 47.2 Å². The lowest BCUT2D eigenvalue weighted by molar-refractivity contribution is -0.137. The quantitative estimate of drug-likeness (QED) is 0.685. The zero-order valence-corrected chi connectivity index (χ0v) is 17.6. The third-order valence-electron chi connectivity index (χ3n) is 5.25. The maximum Gasteiger partial charge on any atom is 0.416 e. The second-order valence-corrected chi connectivity index (χ2v) is 7.99. The van der Waals surface area contributed by atoms with Gasteiger partial charge >= 0.3 is 6.18 Å². The molecule has 0 aliphatic heterocycles. The predicted molar refractivity (Wildman–Crippen MR) is 110 cm³/mol. The molecule has 0 spiro atoms. The first-order valence-corrected chi connectivity index (χ1v) is 9.99. The van der Waals surface area contributed by atoms with E-state index in [1.165, 1.54) is 0 Å². The van der Waals surface area contributed by atoms with Crippen LogP contribution >= 0.6 is 0 Å². The number of halogens is 4. The Morgan fingerprint density at radius 2 is 1.74 bits per heavy atom. The highest BCUT2D eigenvalue weighted by atomic mass is 19.4. The lowest BCUT2D eigenvalue weighted by Crippen LogP contribution is -2.40. The smallest absolute Gasteiger partial charge is 0.362 e. The van der Waals surface area contributed by atoms with E-state index >= 15 is 0 Å². The number of nitrogens with zero attached hydrogens (tertiary/aromatic N) is 3. The molecule has 1 saturated carbocycles. The number of rotatable bonds is 5. The first-order chi connectivity index (χ1) is 14.5. The van der Waals surface area contributed by atoms with Gasteiger partial charge in [-0.15, -0.1) is 0 Å². The van der Waals surface area contributed by atoms with Crippen LogP contribution in [0.3, 0.4) is 0 Å². The number of aryl methyl sites for hydroxylation is 1. The van der Waals surface area contributed by atoms with Gasteiger partial charge in [-0.1, -0.05) is 0 Å². The fourth-order valence-corrected chi connectivity index (χ4v) is 3.67. The van der Waals surface area contributed by atoms with Crippen LogP contribution < -0.4 is 15.5 Å². The molecule has 2 aromatic rings. The number of aromatic nitrogens is 2. The van der Waals surface area contributed by atoms with Gasteiger partial charge in [0.15, 0.2) is 0 Å². The third-order valence-corrected chi connectivity index (χ3v) is 5.25. The molecule has 6 nitrogen and oxygen atoms in total. The average molecular weight is 439 g/mol. The molecule has 1 fully saturated rings. The van der Waals surface area contributed by atoms with Crippen molar-refractivity contribution >= 4 is 17.7 Å². The molecule has 1 aromatic carbocycles. The molecule has 2 N–H and O–H groups in total. The molecular weight excluding hydrogens is 414 g/mol. The number of carbonyl (C=O) groups excluding carboxylic acids is 1. The molecule has 0 unspecified atom stereocenters. The molecule has 1 heterocycles. The first kappa shape index (κ1) is 22.8. The van der Waals surface area contributed by atoms with Crippen molar-refractivity contribution in [3.8, 4) is 0 Å². The molecule has 1 aliphatic rings. The Morgan fingerprint density at radius 3 is 2.35 bits per heavy atom. The molecule has 10 heteroatoms. The minimum Gasteiger partial charge on any atom is -0.362 e. The molecule has 31 heavy (non-hydrogen) atoms. The molecule has 3 rings (SSSR count). The monoisotopic (exact) mass is 439 g/mol. The summed E-state index contributed by atoms with van der Waals surface area (Å²) in [7, 11) is 3.81. The van der Waals surface area contributed by atoms with Crippen LogP contribution in [-0.2, 0) is 6.18 Å². The van der Waals surface area contributed by atoms with Gasteiger partial charge < -0.3 is 15.5 Å². The minimum atomic E-state index is -4.72. The first-order valence-electron chi connectivity index (χ1n) is 9.99. The zero-order chi connectivity index (χ0) is 22.8. The van der Waals surface area contributed by atoms with Crippen LogP contribution in [0.15, 0.2) is 24.4 Å². The molecule has 1 amide bonds. The standard InChI is InChI=1S/C21H25F4N5O/c1-12-11-26-20(29-18(12)30(2)3)28-17-6-4-16(5-7-17)27-19(31)13-8-14(21(23,24)25)10-15(22)9-13/h8-11,16-17H,4-7H2,1-3H3,(H,27,31)(H,26,28,29). The Morgan fingerprint density at radius 1 is 1.10 bits per heavy atom. The van der Waals surface area contributed by atoms with Gasteiger partial charge in [0.1, 0.15) is 11.6 Å². The van der Waals surface area contributed by atoms with Crippen molar-refractivity contribution in [2.75, 3.05) is 24.3 Å². The van der Waals surface area contributed by atoms with E-state index in [-0.39, 0.29) is 17.6 Å². The van der Waals surface area contributed by atoms with Crippen LogP contribution in [-0.4, -0.2) is 42.1 Å². The summed E-state index contributed by atoms with van der Waals surface area (Å²) in [4.78, 5) is 23.1. The number of benzene rings is 1. The van der Waals surface area contributed by atoms with Crippen LogP contribution in [0, 0.1) is 12.7 Å². The Hall–Kier alpha value is -2.91. The summed E-state index contributed by atoms with van der Waals surface area (Å²) in [6.07, 6.45) is -0.225. The lowest BCUT2D eigenvalue weighted by Gasteiger charge is -2.30. The number of hydrogen-bond donors (Lipinski definition) is 2. The number of amides is 1. The van der Waals surface area contributed by atoms with Gasteiger partial charge in [-0.25, -0.2) is 9.37 Å². The maximum absolute atomic E-state index is 13.6. The van der Waals surface area contributed by atoms with E-state index in [1.54, 1.807) is 6.20 Å². The number of nitrogens with one attached hydrogen (secondary N) is 2. The van der Waals surface area contributed by atoms with E-state index in [9.17, 15) is 22.4 Å². The van der Waals surface area contributed by atoms with Gasteiger partial charge in [0.05, 0.1) is 5.56 Å². The molecule has 0 saturated heterocycles. The van der Waals surface area contributed by atoms with Crippen molar-refractivity contribution in [3.05, 3.63) is 46.9 Å². The van der Waals surface area contributed by atoms with Crippen molar-refractivity contribution in [2.45, 2.75) is 50.9 Å². The highest BCUT2D eigenvalue weighted by molar-refractivity contribution is 5.94. The Kier molecular flexibility index (Phi) is 6.66. The SMILES string of the molecule is Cc1cnc(NC2CCC(NC(=O)c3cc(F)cc(C(F)(F)F)c3)CC2)nc1N(C)C. The Labute approximate surface area is 178 Å². The number of alkyl halides is 3. The molecule has 0 atom stereocenters. The summed E-state index contributed by atoms with van der Waals surface area (Å²) in [6.45, 7) is 1.93. The fraction of sp³-hybridized carbons (Fsp3) is 0.476. The van der Waals surface area contributed by atoms with E-state index in [0.29, 0.717) is 30.9 Å². The number of anilines is 2. The van der Waals surface area contributed by atoms with Crippen LogP contribution in [0.5, 0.6) is 0 Å². The topological polar surface area (TPSA) is 70.1 Å². The summed E-state index contributed by atoms with van der Waals surface area (Å²) in [5.41, 5.74) is -0.550. The second kappa shape index (κ2) is 9.07. The largest absolute Gasteiger partial charge is 0.416 e. The lowest BCUT2D eigenvalue weighted by atomic mass is 9.91. The number of hydrogen-bond acceptors (Lipinski definition) is 5. The van der Waals surface area contributed by atoms with Gasteiger partial charge in [0, 0.05) is 43.5 Å². The molecule has 1 aromatic heterocycles. The molecule has 168 valence electrons. The molecule has 1 aliphatic carbocycles. The number of carbonyl (C=O) groups is 1. The van der Waals surface area contributed by atoms with Crippen molar-refractivity contribution in [2.24, 2.45) is 0 Å². The van der Waals surface area contributed by atoms with E-state index in [2.05, 4.69) is 20.6 Å². The highest BCUT2D eigenvalue weighted by Gasteiger charge is 2.32. The molecule has 0 radical (unpaired) electrons. The normalized spacial score (nSPS) is 19.1. The van der Waals surface area contributed by atoms with E-state index < -0.39 is 23.5 Å². The summed E-state index contributed by atoms with van der Waals surface area (Å²) >= 11 is 0.